The Bertz CT molecular complexity index is 659. The molecule has 1 aromatic rings. The molecule has 0 unspecified atom stereocenters. The van der Waals surface area contributed by atoms with Gasteiger partial charge in [-0.25, -0.2) is 0 Å². The zero-order valence-electron chi connectivity index (χ0n) is 19.0. The van der Waals surface area contributed by atoms with Gasteiger partial charge in [-0.1, -0.05) is 38.3 Å². The number of benzene rings is 1. The molecule has 0 radical (unpaired) electrons. The summed E-state index contributed by atoms with van der Waals surface area (Å²) in [6, 6.07) is 6.57. The Morgan fingerprint density at radius 2 is 1.10 bits per heavy atom. The molecule has 3 fully saturated rings. The van der Waals surface area contributed by atoms with Gasteiger partial charge in [0.05, 0.1) is 0 Å². The molecule has 174 valence electrons. The lowest BCUT2D eigenvalue weighted by molar-refractivity contribution is -0.274. The average Bonchev–Trinajstić information content (AvgIpc) is 2.79. The van der Waals surface area contributed by atoms with Crippen LogP contribution in [0.25, 0.3) is 0 Å². The molecular weight excluding hydrogens is 397 g/mol. The summed E-state index contributed by atoms with van der Waals surface area (Å²) in [4.78, 5) is 0. The van der Waals surface area contributed by atoms with E-state index < -0.39 is 6.36 Å². The van der Waals surface area contributed by atoms with Crippen molar-refractivity contribution in [1.29, 1.82) is 0 Å². The van der Waals surface area contributed by atoms with Crippen LogP contribution in [0.1, 0.15) is 102 Å². The van der Waals surface area contributed by atoms with Crippen LogP contribution < -0.4 is 4.74 Å². The van der Waals surface area contributed by atoms with Crippen molar-refractivity contribution in [2.24, 2.45) is 29.6 Å². The summed E-state index contributed by atoms with van der Waals surface area (Å²) < 4.78 is 41.1. The Morgan fingerprint density at radius 3 is 1.52 bits per heavy atom. The highest BCUT2D eigenvalue weighted by atomic mass is 19.4. The van der Waals surface area contributed by atoms with Gasteiger partial charge in [-0.2, -0.15) is 0 Å². The number of hydrogen-bond donors (Lipinski definition) is 0. The maximum atomic E-state index is 12.4. The highest BCUT2D eigenvalue weighted by molar-refractivity contribution is 5.29. The van der Waals surface area contributed by atoms with Crippen LogP contribution in [0, 0.1) is 29.6 Å². The van der Waals surface area contributed by atoms with Crippen LogP contribution in [0.15, 0.2) is 24.3 Å². The van der Waals surface area contributed by atoms with E-state index in [9.17, 15) is 13.2 Å². The lowest BCUT2D eigenvalue weighted by Crippen LogP contribution is -2.29. The summed E-state index contributed by atoms with van der Waals surface area (Å²) in [5.74, 6) is 5.13. The van der Waals surface area contributed by atoms with E-state index in [0.29, 0.717) is 5.92 Å². The molecule has 0 saturated heterocycles. The van der Waals surface area contributed by atoms with Gasteiger partial charge in [0, 0.05) is 0 Å². The maximum Gasteiger partial charge on any atom is 0.573 e. The quantitative estimate of drug-likeness (QED) is 0.448. The third-order valence-corrected chi connectivity index (χ3v) is 8.98. The average molecular weight is 437 g/mol. The van der Waals surface area contributed by atoms with Gasteiger partial charge in [-0.05, 0) is 117 Å². The van der Waals surface area contributed by atoms with Gasteiger partial charge in [0.1, 0.15) is 5.75 Å². The van der Waals surface area contributed by atoms with Crippen LogP contribution in [0.4, 0.5) is 13.2 Å². The first-order valence-corrected chi connectivity index (χ1v) is 12.8. The highest BCUT2D eigenvalue weighted by Crippen LogP contribution is 2.47. The van der Waals surface area contributed by atoms with Crippen LogP contribution in [-0.2, 0) is 0 Å². The Morgan fingerprint density at radius 1 is 0.677 bits per heavy atom. The molecular formula is C27H39F3O. The molecule has 0 amide bonds. The minimum absolute atomic E-state index is 0.120. The van der Waals surface area contributed by atoms with E-state index in [-0.39, 0.29) is 5.75 Å². The minimum atomic E-state index is -4.62. The van der Waals surface area contributed by atoms with Gasteiger partial charge >= 0.3 is 6.36 Å². The van der Waals surface area contributed by atoms with E-state index in [1.807, 2.05) is 12.1 Å². The van der Waals surface area contributed by atoms with Gasteiger partial charge in [0.15, 0.2) is 0 Å². The van der Waals surface area contributed by atoms with Crippen molar-refractivity contribution in [3.63, 3.8) is 0 Å². The summed E-state index contributed by atoms with van der Waals surface area (Å²) in [7, 11) is 0. The van der Waals surface area contributed by atoms with Gasteiger partial charge in [-0.15, -0.1) is 13.2 Å². The number of halogens is 3. The van der Waals surface area contributed by atoms with E-state index in [4.69, 9.17) is 0 Å². The summed E-state index contributed by atoms with van der Waals surface area (Å²) >= 11 is 0. The second-order valence-electron chi connectivity index (χ2n) is 10.6. The van der Waals surface area contributed by atoms with Crippen molar-refractivity contribution in [2.75, 3.05) is 0 Å². The SMILES string of the molecule is CCC1CCC(C2CCC(C3CCC(c4ccc(OC(F)(F)F)cc4)CC3)CC2)CC1. The van der Waals surface area contributed by atoms with Crippen molar-refractivity contribution in [1.82, 2.24) is 0 Å². The normalized spacial score (nSPS) is 35.0. The first kappa shape index (κ1) is 23.0. The second-order valence-corrected chi connectivity index (χ2v) is 10.6. The molecule has 0 bridgehead atoms. The zero-order valence-corrected chi connectivity index (χ0v) is 19.0. The fourth-order valence-electron chi connectivity index (χ4n) is 7.02. The summed E-state index contributed by atoms with van der Waals surface area (Å²) in [6.45, 7) is 2.35. The van der Waals surface area contributed by atoms with Crippen LogP contribution in [-0.4, -0.2) is 6.36 Å². The largest absolute Gasteiger partial charge is 0.573 e. The van der Waals surface area contributed by atoms with E-state index >= 15 is 0 Å². The molecule has 3 aliphatic rings. The molecule has 1 nitrogen and oxygen atoms in total. The molecule has 31 heavy (non-hydrogen) atoms. The number of rotatable bonds is 5. The predicted molar refractivity (Wildman–Crippen MR) is 119 cm³/mol. The molecule has 3 aliphatic carbocycles. The molecule has 4 rings (SSSR count). The first-order valence-electron chi connectivity index (χ1n) is 12.8. The Balaban J connectivity index is 1.20. The number of hydrogen-bond acceptors (Lipinski definition) is 1. The van der Waals surface area contributed by atoms with E-state index in [1.54, 1.807) is 0 Å². The van der Waals surface area contributed by atoms with Gasteiger partial charge in [-0.3, -0.25) is 0 Å². The van der Waals surface area contributed by atoms with Crippen LogP contribution >= 0.6 is 0 Å². The molecule has 3 saturated carbocycles. The predicted octanol–water partition coefficient (Wildman–Crippen LogP) is 8.88. The van der Waals surface area contributed by atoms with Crippen LogP contribution in [0.5, 0.6) is 5.75 Å². The lowest BCUT2D eigenvalue weighted by Gasteiger charge is -2.41. The minimum Gasteiger partial charge on any atom is -0.406 e. The lowest BCUT2D eigenvalue weighted by atomic mass is 9.64. The van der Waals surface area contributed by atoms with Crippen LogP contribution in [0.2, 0.25) is 0 Å². The van der Waals surface area contributed by atoms with Crippen molar-refractivity contribution in [3.8, 4) is 5.75 Å². The van der Waals surface area contributed by atoms with Gasteiger partial charge in [0.2, 0.25) is 0 Å². The Kier molecular flexibility index (Phi) is 7.54. The molecule has 0 aliphatic heterocycles. The zero-order chi connectivity index (χ0) is 21.8. The maximum absolute atomic E-state index is 12.4. The fourth-order valence-corrected chi connectivity index (χ4v) is 7.02. The first-order chi connectivity index (χ1) is 14.9. The molecule has 0 atom stereocenters. The molecule has 0 N–H and O–H groups in total. The van der Waals surface area contributed by atoms with Gasteiger partial charge < -0.3 is 4.74 Å². The topological polar surface area (TPSA) is 9.23 Å². The molecule has 0 spiro atoms. The number of ether oxygens (including phenoxy) is 1. The monoisotopic (exact) mass is 436 g/mol. The standard InChI is InChI=1S/C27H39F3O/c1-2-19-3-5-20(6-4-19)21-7-9-22(10-8-21)23-11-13-24(14-12-23)25-15-17-26(18-16-25)31-27(28,29)30/h15-24H,2-14H2,1H3. The van der Waals surface area contributed by atoms with Crippen molar-refractivity contribution < 1.29 is 17.9 Å². The summed E-state index contributed by atoms with van der Waals surface area (Å²) in [6.07, 6.45) is 13.3. The highest BCUT2D eigenvalue weighted by Gasteiger charge is 2.35. The Labute approximate surface area is 186 Å². The smallest absolute Gasteiger partial charge is 0.406 e. The van der Waals surface area contributed by atoms with Gasteiger partial charge in [0.25, 0.3) is 0 Å². The molecule has 1 aromatic carbocycles. The van der Waals surface area contributed by atoms with Crippen molar-refractivity contribution in [2.45, 2.75) is 103 Å². The van der Waals surface area contributed by atoms with Crippen molar-refractivity contribution in [3.05, 3.63) is 29.8 Å². The third-order valence-electron chi connectivity index (χ3n) is 8.98. The second kappa shape index (κ2) is 10.2. The summed E-state index contributed by atoms with van der Waals surface area (Å²) in [5.41, 5.74) is 1.17. The molecule has 4 heteroatoms. The molecule has 0 aromatic heterocycles. The summed E-state index contributed by atoms with van der Waals surface area (Å²) in [5, 5.41) is 0. The van der Waals surface area contributed by atoms with Crippen molar-refractivity contribution >= 4 is 0 Å². The Hall–Kier alpha value is -1.19. The third kappa shape index (κ3) is 6.20. The van der Waals surface area contributed by atoms with Crippen LogP contribution in [0.3, 0.4) is 0 Å². The van der Waals surface area contributed by atoms with E-state index in [2.05, 4.69) is 11.7 Å². The molecule has 0 heterocycles. The fraction of sp³-hybridized carbons (Fsp3) is 0.778. The number of alkyl halides is 3. The van der Waals surface area contributed by atoms with E-state index in [1.165, 1.54) is 101 Å². The van der Waals surface area contributed by atoms with E-state index in [0.717, 1.165) is 29.6 Å².